The molecule has 0 atom stereocenters. The fourth-order valence-corrected chi connectivity index (χ4v) is 4.30. The van der Waals surface area contributed by atoms with Crippen molar-refractivity contribution in [2.75, 3.05) is 27.2 Å². The van der Waals surface area contributed by atoms with Gasteiger partial charge in [-0.3, -0.25) is 4.79 Å². The summed E-state index contributed by atoms with van der Waals surface area (Å²) in [6, 6.07) is 14.2. The van der Waals surface area contributed by atoms with Crippen molar-refractivity contribution in [3.63, 3.8) is 0 Å². The monoisotopic (exact) mass is 380 g/mol. The van der Waals surface area contributed by atoms with Crippen LogP contribution in [0.2, 0.25) is 0 Å². The van der Waals surface area contributed by atoms with Crippen LogP contribution in [0.1, 0.15) is 23.2 Å². The van der Waals surface area contributed by atoms with E-state index in [0.29, 0.717) is 5.56 Å². The second-order valence-electron chi connectivity index (χ2n) is 7.10. The van der Waals surface area contributed by atoms with Crippen molar-refractivity contribution in [2.24, 2.45) is 0 Å². The number of carbonyl (C=O) groups is 1. The van der Waals surface area contributed by atoms with E-state index in [4.69, 9.17) is 5.10 Å². The van der Waals surface area contributed by atoms with E-state index >= 15 is 0 Å². The molecule has 3 heterocycles. The lowest BCUT2D eigenvalue weighted by Gasteiger charge is -2.35. The van der Waals surface area contributed by atoms with Crippen molar-refractivity contribution in [2.45, 2.75) is 18.9 Å². The van der Waals surface area contributed by atoms with E-state index in [1.807, 2.05) is 70.7 Å². The standard InChI is InChI=1S/C21H24N4OS/c1-23-12-10-16(11-13-23)24(2)21(26)18-15-25(17-7-4-3-5-8-17)22-20(18)19-9-6-14-27-19/h3-9,14-16H,10-13H2,1-2H3. The molecule has 4 rings (SSSR count). The minimum absolute atomic E-state index is 0.0511. The van der Waals surface area contributed by atoms with Gasteiger partial charge in [-0.1, -0.05) is 24.3 Å². The highest BCUT2D eigenvalue weighted by molar-refractivity contribution is 7.13. The predicted molar refractivity (Wildman–Crippen MR) is 109 cm³/mol. The van der Waals surface area contributed by atoms with Gasteiger partial charge in [0.15, 0.2) is 0 Å². The Bertz CT molecular complexity index is 896. The number of piperidine rings is 1. The first kappa shape index (κ1) is 17.9. The van der Waals surface area contributed by atoms with Crippen LogP contribution in [0.15, 0.2) is 54.0 Å². The summed E-state index contributed by atoms with van der Waals surface area (Å²) in [5.74, 6) is 0.0511. The maximum absolute atomic E-state index is 13.3. The zero-order chi connectivity index (χ0) is 18.8. The summed E-state index contributed by atoms with van der Waals surface area (Å²) in [5, 5.41) is 6.77. The molecule has 1 aromatic carbocycles. The summed E-state index contributed by atoms with van der Waals surface area (Å²) in [7, 11) is 4.06. The lowest BCUT2D eigenvalue weighted by Crippen LogP contribution is -2.44. The number of benzene rings is 1. The van der Waals surface area contributed by atoms with Gasteiger partial charge in [0.2, 0.25) is 0 Å². The normalized spacial score (nSPS) is 15.8. The Kier molecular flexibility index (Phi) is 5.09. The molecule has 0 aliphatic carbocycles. The van der Waals surface area contributed by atoms with Crippen LogP contribution in [0, 0.1) is 0 Å². The lowest BCUT2D eigenvalue weighted by atomic mass is 10.0. The first-order chi connectivity index (χ1) is 13.1. The van der Waals surface area contributed by atoms with Gasteiger partial charge in [-0.2, -0.15) is 5.10 Å². The molecule has 1 saturated heterocycles. The lowest BCUT2D eigenvalue weighted by molar-refractivity contribution is 0.0660. The first-order valence-electron chi connectivity index (χ1n) is 9.28. The number of likely N-dealkylation sites (tertiary alicyclic amines) is 1. The molecule has 0 radical (unpaired) electrons. The zero-order valence-corrected chi connectivity index (χ0v) is 16.5. The SMILES string of the molecule is CN1CCC(N(C)C(=O)c2cn(-c3ccccc3)nc2-c2cccs2)CC1. The number of rotatable bonds is 4. The van der Waals surface area contributed by atoms with Gasteiger partial charge >= 0.3 is 0 Å². The third kappa shape index (κ3) is 3.68. The van der Waals surface area contributed by atoms with Crippen molar-refractivity contribution < 1.29 is 4.79 Å². The Morgan fingerprint density at radius 2 is 1.89 bits per heavy atom. The molecule has 0 bridgehead atoms. The van der Waals surface area contributed by atoms with Crippen LogP contribution in [0.5, 0.6) is 0 Å². The second-order valence-corrected chi connectivity index (χ2v) is 8.05. The molecule has 27 heavy (non-hydrogen) atoms. The van der Waals surface area contributed by atoms with Gasteiger partial charge in [-0.25, -0.2) is 4.68 Å². The molecule has 1 aliphatic heterocycles. The molecule has 1 amide bonds. The highest BCUT2D eigenvalue weighted by Gasteiger charge is 2.28. The molecule has 0 saturated carbocycles. The van der Waals surface area contributed by atoms with Gasteiger partial charge in [-0.15, -0.1) is 11.3 Å². The van der Waals surface area contributed by atoms with Gasteiger partial charge < -0.3 is 9.80 Å². The quantitative estimate of drug-likeness (QED) is 0.692. The average molecular weight is 381 g/mol. The molecule has 1 aliphatic rings. The largest absolute Gasteiger partial charge is 0.339 e. The van der Waals surface area contributed by atoms with Gasteiger partial charge in [0.1, 0.15) is 5.69 Å². The smallest absolute Gasteiger partial charge is 0.257 e. The summed E-state index contributed by atoms with van der Waals surface area (Å²) in [4.78, 5) is 18.6. The van der Waals surface area contributed by atoms with E-state index in [-0.39, 0.29) is 11.9 Å². The van der Waals surface area contributed by atoms with Crippen LogP contribution in [-0.2, 0) is 0 Å². The second kappa shape index (κ2) is 7.66. The van der Waals surface area contributed by atoms with E-state index in [2.05, 4.69) is 11.9 Å². The van der Waals surface area contributed by atoms with Crippen molar-refractivity contribution in [3.05, 3.63) is 59.6 Å². The number of nitrogens with zero attached hydrogens (tertiary/aromatic N) is 4. The molecule has 2 aromatic heterocycles. The van der Waals surface area contributed by atoms with Gasteiger partial charge in [0.25, 0.3) is 5.91 Å². The topological polar surface area (TPSA) is 41.4 Å². The molecule has 6 heteroatoms. The third-order valence-electron chi connectivity index (χ3n) is 5.28. The number of para-hydroxylation sites is 1. The Balaban J connectivity index is 1.68. The van der Waals surface area contributed by atoms with E-state index in [9.17, 15) is 4.79 Å². The van der Waals surface area contributed by atoms with Crippen LogP contribution in [0.25, 0.3) is 16.3 Å². The maximum Gasteiger partial charge on any atom is 0.257 e. The molecule has 3 aromatic rings. The molecule has 0 spiro atoms. The fourth-order valence-electron chi connectivity index (χ4n) is 3.58. The number of thiophene rings is 1. The summed E-state index contributed by atoms with van der Waals surface area (Å²) >= 11 is 1.61. The highest BCUT2D eigenvalue weighted by Crippen LogP contribution is 2.29. The minimum Gasteiger partial charge on any atom is -0.339 e. The van der Waals surface area contributed by atoms with E-state index in [1.165, 1.54) is 0 Å². The van der Waals surface area contributed by atoms with E-state index < -0.39 is 0 Å². The Morgan fingerprint density at radius 1 is 1.15 bits per heavy atom. The van der Waals surface area contributed by atoms with Gasteiger partial charge in [0, 0.05) is 19.3 Å². The van der Waals surface area contributed by atoms with E-state index in [0.717, 1.165) is 42.2 Å². The summed E-state index contributed by atoms with van der Waals surface area (Å²) in [6.45, 7) is 2.06. The Hall–Kier alpha value is -2.44. The highest BCUT2D eigenvalue weighted by atomic mass is 32.1. The number of amides is 1. The molecule has 1 fully saturated rings. The Morgan fingerprint density at radius 3 is 2.56 bits per heavy atom. The van der Waals surface area contributed by atoms with Crippen LogP contribution in [0.4, 0.5) is 0 Å². The number of aromatic nitrogens is 2. The number of hydrogen-bond donors (Lipinski definition) is 0. The van der Waals surface area contributed by atoms with Crippen molar-refractivity contribution in [3.8, 4) is 16.3 Å². The van der Waals surface area contributed by atoms with Crippen LogP contribution in [-0.4, -0.2) is 58.7 Å². The first-order valence-corrected chi connectivity index (χ1v) is 10.2. The van der Waals surface area contributed by atoms with Gasteiger partial charge in [0.05, 0.1) is 16.1 Å². The summed E-state index contributed by atoms with van der Waals surface area (Å²) in [5.41, 5.74) is 2.39. The molecule has 0 N–H and O–H groups in total. The molecule has 5 nitrogen and oxygen atoms in total. The number of carbonyl (C=O) groups excluding carboxylic acids is 1. The summed E-state index contributed by atoms with van der Waals surface area (Å²) < 4.78 is 1.81. The molecule has 140 valence electrons. The average Bonchev–Trinajstić information content (AvgIpc) is 3.38. The minimum atomic E-state index is 0.0511. The number of hydrogen-bond acceptors (Lipinski definition) is 4. The maximum atomic E-state index is 13.3. The van der Waals surface area contributed by atoms with Crippen molar-refractivity contribution >= 4 is 17.2 Å². The predicted octanol–water partition coefficient (Wildman–Crippen LogP) is 3.77. The Labute approximate surface area is 163 Å². The molecule has 0 unspecified atom stereocenters. The third-order valence-corrected chi connectivity index (χ3v) is 6.15. The van der Waals surface area contributed by atoms with Crippen molar-refractivity contribution in [1.29, 1.82) is 0 Å². The zero-order valence-electron chi connectivity index (χ0n) is 15.7. The van der Waals surface area contributed by atoms with Crippen LogP contribution < -0.4 is 0 Å². The molecular weight excluding hydrogens is 356 g/mol. The molecular formula is C21H24N4OS. The van der Waals surface area contributed by atoms with E-state index in [1.54, 1.807) is 11.3 Å². The van der Waals surface area contributed by atoms with Crippen LogP contribution in [0.3, 0.4) is 0 Å². The van der Waals surface area contributed by atoms with Gasteiger partial charge in [-0.05, 0) is 56.6 Å². The van der Waals surface area contributed by atoms with Crippen molar-refractivity contribution in [1.82, 2.24) is 19.6 Å². The van der Waals surface area contributed by atoms with Crippen LogP contribution >= 0.6 is 11.3 Å². The summed E-state index contributed by atoms with van der Waals surface area (Å²) in [6.07, 6.45) is 3.90. The fraction of sp³-hybridized carbons (Fsp3) is 0.333.